The highest BCUT2D eigenvalue weighted by molar-refractivity contribution is 5.92. The fourth-order valence-electron chi connectivity index (χ4n) is 3.51. The van der Waals surface area contributed by atoms with Crippen LogP contribution < -0.4 is 16.0 Å². The van der Waals surface area contributed by atoms with E-state index in [1.54, 1.807) is 0 Å². The van der Waals surface area contributed by atoms with Crippen LogP contribution in [0.2, 0.25) is 0 Å². The molecule has 2 aromatic heterocycles. The van der Waals surface area contributed by atoms with Crippen molar-refractivity contribution in [2.45, 2.75) is 20.3 Å². The third-order valence-corrected chi connectivity index (χ3v) is 5.52. The lowest BCUT2D eigenvalue weighted by Gasteiger charge is -2.24. The van der Waals surface area contributed by atoms with Crippen LogP contribution in [0.5, 0.6) is 0 Å². The standard InChI is InChI=1S/C24H34N6/c1-4-30(5-2)17-16-29(3)20-11-9-19(10-12-20)22-18-23-21(8-6-14-26-23)24(28-22)27-15-7-13-25/h6,8-12,14,18H,4-5,7,13,15-17,25H2,1-3H3,(H,27,28). The molecule has 0 bridgehead atoms. The molecule has 0 fully saturated rings. The molecule has 0 aliphatic heterocycles. The summed E-state index contributed by atoms with van der Waals surface area (Å²) in [5.74, 6) is 0.865. The summed E-state index contributed by atoms with van der Waals surface area (Å²) in [6.45, 7) is 10.1. The Kier molecular flexibility index (Phi) is 7.99. The van der Waals surface area contributed by atoms with Crippen molar-refractivity contribution in [2.75, 3.05) is 56.5 Å². The first kappa shape index (κ1) is 22.0. The third kappa shape index (κ3) is 5.46. The van der Waals surface area contributed by atoms with E-state index in [4.69, 9.17) is 10.7 Å². The topological polar surface area (TPSA) is 70.3 Å². The van der Waals surface area contributed by atoms with Gasteiger partial charge in [0.25, 0.3) is 0 Å². The summed E-state index contributed by atoms with van der Waals surface area (Å²) in [7, 11) is 2.15. The van der Waals surface area contributed by atoms with Crippen molar-refractivity contribution in [3.8, 4) is 11.3 Å². The average Bonchev–Trinajstić information content (AvgIpc) is 2.79. The van der Waals surface area contributed by atoms with Crippen molar-refractivity contribution < 1.29 is 0 Å². The Morgan fingerprint density at radius 2 is 1.80 bits per heavy atom. The Bertz CT molecular complexity index is 921. The number of hydrogen-bond donors (Lipinski definition) is 2. The van der Waals surface area contributed by atoms with Crippen LogP contribution in [0.1, 0.15) is 20.3 Å². The number of anilines is 2. The summed E-state index contributed by atoms with van der Waals surface area (Å²) in [4.78, 5) is 14.2. The van der Waals surface area contributed by atoms with Crippen LogP contribution >= 0.6 is 0 Å². The van der Waals surface area contributed by atoms with Gasteiger partial charge in [-0.1, -0.05) is 26.0 Å². The van der Waals surface area contributed by atoms with Gasteiger partial charge in [0.2, 0.25) is 0 Å². The molecule has 0 saturated heterocycles. The maximum absolute atomic E-state index is 5.64. The lowest BCUT2D eigenvalue weighted by atomic mass is 10.1. The Labute approximate surface area is 180 Å². The number of nitrogens with zero attached hydrogens (tertiary/aromatic N) is 4. The highest BCUT2D eigenvalue weighted by atomic mass is 15.2. The summed E-state index contributed by atoms with van der Waals surface area (Å²) in [6.07, 6.45) is 2.73. The van der Waals surface area contributed by atoms with Gasteiger partial charge >= 0.3 is 0 Å². The minimum absolute atomic E-state index is 0.659. The Balaban J connectivity index is 1.80. The van der Waals surface area contributed by atoms with Crippen molar-refractivity contribution in [1.29, 1.82) is 0 Å². The second-order valence-corrected chi connectivity index (χ2v) is 7.49. The van der Waals surface area contributed by atoms with Gasteiger partial charge < -0.3 is 20.9 Å². The second kappa shape index (κ2) is 10.9. The highest BCUT2D eigenvalue weighted by Crippen LogP contribution is 2.28. The summed E-state index contributed by atoms with van der Waals surface area (Å²) >= 11 is 0. The molecule has 0 amide bonds. The molecule has 6 heteroatoms. The minimum atomic E-state index is 0.659. The van der Waals surface area contributed by atoms with Crippen LogP contribution in [0.15, 0.2) is 48.7 Å². The zero-order valence-corrected chi connectivity index (χ0v) is 18.4. The van der Waals surface area contributed by atoms with Gasteiger partial charge in [0.15, 0.2) is 0 Å². The molecule has 1 aromatic carbocycles. The predicted molar refractivity (Wildman–Crippen MR) is 128 cm³/mol. The Hall–Kier alpha value is -2.70. The number of nitrogens with one attached hydrogen (secondary N) is 1. The SMILES string of the molecule is CCN(CC)CCN(C)c1ccc(-c2cc3ncccc3c(NCCCN)n2)cc1. The Morgan fingerprint density at radius 1 is 1.03 bits per heavy atom. The minimum Gasteiger partial charge on any atom is -0.373 e. The number of benzene rings is 1. The van der Waals surface area contributed by atoms with Crippen molar-refractivity contribution in [3.63, 3.8) is 0 Å². The van der Waals surface area contributed by atoms with Gasteiger partial charge in [-0.15, -0.1) is 0 Å². The fourth-order valence-corrected chi connectivity index (χ4v) is 3.51. The van der Waals surface area contributed by atoms with Crippen molar-refractivity contribution in [1.82, 2.24) is 14.9 Å². The van der Waals surface area contributed by atoms with Crippen LogP contribution in [-0.4, -0.2) is 61.2 Å². The van der Waals surface area contributed by atoms with E-state index < -0.39 is 0 Å². The van der Waals surface area contributed by atoms with E-state index in [2.05, 4.69) is 77.4 Å². The molecule has 3 rings (SSSR count). The number of pyridine rings is 2. The lowest BCUT2D eigenvalue weighted by molar-refractivity contribution is 0.311. The van der Waals surface area contributed by atoms with Crippen molar-refractivity contribution in [2.24, 2.45) is 5.73 Å². The first-order valence-corrected chi connectivity index (χ1v) is 10.9. The largest absolute Gasteiger partial charge is 0.373 e. The zero-order valence-electron chi connectivity index (χ0n) is 18.4. The molecule has 0 radical (unpaired) electrons. The summed E-state index contributed by atoms with van der Waals surface area (Å²) in [5.41, 5.74) is 9.81. The van der Waals surface area contributed by atoms with E-state index in [1.165, 1.54) is 5.69 Å². The van der Waals surface area contributed by atoms with Crippen LogP contribution in [0.4, 0.5) is 11.5 Å². The molecule has 0 atom stereocenters. The van der Waals surface area contributed by atoms with Gasteiger partial charge in [-0.2, -0.15) is 0 Å². The zero-order chi connectivity index (χ0) is 21.3. The normalized spacial score (nSPS) is 11.2. The number of nitrogens with two attached hydrogens (primary N) is 1. The predicted octanol–water partition coefficient (Wildman–Crippen LogP) is 3.84. The molecule has 30 heavy (non-hydrogen) atoms. The first-order valence-electron chi connectivity index (χ1n) is 10.9. The van der Waals surface area contributed by atoms with Crippen LogP contribution in [0.3, 0.4) is 0 Å². The van der Waals surface area contributed by atoms with Gasteiger partial charge in [-0.3, -0.25) is 4.98 Å². The molecule has 6 nitrogen and oxygen atoms in total. The number of rotatable bonds is 11. The van der Waals surface area contributed by atoms with Gasteiger partial charge in [-0.25, -0.2) is 4.98 Å². The average molecular weight is 407 g/mol. The van der Waals surface area contributed by atoms with Crippen molar-refractivity contribution in [3.05, 3.63) is 48.7 Å². The summed E-state index contributed by atoms with van der Waals surface area (Å²) in [6, 6.07) is 14.7. The maximum Gasteiger partial charge on any atom is 0.136 e. The maximum atomic E-state index is 5.64. The van der Waals surface area contributed by atoms with Gasteiger partial charge in [0, 0.05) is 49.5 Å². The van der Waals surface area contributed by atoms with E-state index in [9.17, 15) is 0 Å². The second-order valence-electron chi connectivity index (χ2n) is 7.49. The van der Waals surface area contributed by atoms with Gasteiger partial charge in [0.1, 0.15) is 5.82 Å². The smallest absolute Gasteiger partial charge is 0.136 e. The molecular formula is C24H34N6. The molecule has 2 heterocycles. The molecule has 0 aliphatic rings. The number of hydrogen-bond acceptors (Lipinski definition) is 6. The van der Waals surface area contributed by atoms with Crippen LogP contribution in [-0.2, 0) is 0 Å². The van der Waals surface area contributed by atoms with E-state index in [1.807, 2.05) is 12.3 Å². The van der Waals surface area contributed by atoms with E-state index in [-0.39, 0.29) is 0 Å². The lowest BCUT2D eigenvalue weighted by Crippen LogP contribution is -2.33. The quantitative estimate of drug-likeness (QED) is 0.472. The molecule has 0 unspecified atom stereocenters. The molecular weight excluding hydrogens is 372 g/mol. The molecule has 3 aromatic rings. The van der Waals surface area contributed by atoms with Crippen molar-refractivity contribution >= 4 is 22.4 Å². The molecule has 0 saturated carbocycles. The number of fused-ring (bicyclic) bond motifs is 1. The third-order valence-electron chi connectivity index (χ3n) is 5.52. The van der Waals surface area contributed by atoms with E-state index in [0.29, 0.717) is 6.54 Å². The summed E-state index contributed by atoms with van der Waals surface area (Å²) in [5, 5.41) is 4.46. The van der Waals surface area contributed by atoms with E-state index >= 15 is 0 Å². The summed E-state index contributed by atoms with van der Waals surface area (Å²) < 4.78 is 0. The highest BCUT2D eigenvalue weighted by Gasteiger charge is 2.10. The van der Waals surface area contributed by atoms with Crippen LogP contribution in [0, 0.1) is 0 Å². The van der Waals surface area contributed by atoms with Gasteiger partial charge in [0.05, 0.1) is 11.2 Å². The number of likely N-dealkylation sites (N-methyl/N-ethyl adjacent to an activating group) is 2. The number of aromatic nitrogens is 2. The monoisotopic (exact) mass is 406 g/mol. The van der Waals surface area contributed by atoms with Gasteiger partial charge in [-0.05, 0) is 56.4 Å². The first-order chi connectivity index (χ1) is 14.7. The molecule has 0 spiro atoms. The van der Waals surface area contributed by atoms with Crippen LogP contribution in [0.25, 0.3) is 22.2 Å². The molecule has 160 valence electrons. The molecule has 3 N–H and O–H groups in total. The van der Waals surface area contributed by atoms with E-state index in [0.717, 1.165) is 67.1 Å². The Morgan fingerprint density at radius 3 is 2.50 bits per heavy atom. The molecule has 0 aliphatic carbocycles. The fraction of sp³-hybridized carbons (Fsp3) is 0.417.